The minimum absolute atomic E-state index is 0.415. The van der Waals surface area contributed by atoms with Gasteiger partial charge in [-0.1, -0.05) is 13.8 Å². The predicted molar refractivity (Wildman–Crippen MR) is 65.1 cm³/mol. The summed E-state index contributed by atoms with van der Waals surface area (Å²) in [6.07, 6.45) is 7.02. The lowest BCUT2D eigenvalue weighted by Crippen LogP contribution is -2.35. The number of rotatable bonds is 6. The molecular weight excluding hydrogens is 186 g/mol. The summed E-state index contributed by atoms with van der Waals surface area (Å²) in [6.45, 7) is 8.55. The number of hydrogen-bond acceptors (Lipinski definition) is 2. The summed E-state index contributed by atoms with van der Waals surface area (Å²) in [7, 11) is 0. The lowest BCUT2D eigenvalue weighted by molar-refractivity contribution is 0.0633. The first kappa shape index (κ1) is 13.0. The van der Waals surface area contributed by atoms with Crippen molar-refractivity contribution in [1.82, 2.24) is 5.32 Å². The van der Waals surface area contributed by atoms with Crippen LogP contribution in [-0.4, -0.2) is 25.3 Å². The van der Waals surface area contributed by atoms with E-state index in [1.807, 2.05) is 0 Å². The first-order valence-electron chi connectivity index (χ1n) is 6.57. The maximum Gasteiger partial charge on any atom is 0.0594 e. The van der Waals surface area contributed by atoms with Gasteiger partial charge in [-0.15, -0.1) is 0 Å². The van der Waals surface area contributed by atoms with E-state index in [9.17, 15) is 0 Å². The average molecular weight is 213 g/mol. The minimum atomic E-state index is 0.415. The molecule has 90 valence electrons. The fourth-order valence-electron chi connectivity index (χ4n) is 2.11. The molecule has 0 saturated heterocycles. The van der Waals surface area contributed by atoms with Gasteiger partial charge in [-0.05, 0) is 44.9 Å². The molecule has 15 heavy (non-hydrogen) atoms. The van der Waals surface area contributed by atoms with E-state index in [-0.39, 0.29) is 0 Å². The normalized spacial score (nSPS) is 29.0. The first-order valence-corrected chi connectivity index (χ1v) is 6.57. The molecule has 2 nitrogen and oxygen atoms in total. The standard InChI is InChI=1S/C13H27NO/c1-4-12(3)15-10-9-14-13-7-5-11(2)6-8-13/h11-14H,4-10H2,1-3H3. The van der Waals surface area contributed by atoms with E-state index < -0.39 is 0 Å². The summed E-state index contributed by atoms with van der Waals surface area (Å²) in [5, 5.41) is 3.60. The average Bonchev–Trinajstić information content (AvgIpc) is 2.26. The van der Waals surface area contributed by atoms with E-state index in [2.05, 4.69) is 26.1 Å². The highest BCUT2D eigenvalue weighted by Gasteiger charge is 2.17. The van der Waals surface area contributed by atoms with Gasteiger partial charge in [-0.25, -0.2) is 0 Å². The third-order valence-corrected chi connectivity index (χ3v) is 3.53. The van der Waals surface area contributed by atoms with Crippen LogP contribution < -0.4 is 5.32 Å². The first-order chi connectivity index (χ1) is 7.22. The maximum absolute atomic E-state index is 5.64. The molecule has 1 saturated carbocycles. The highest BCUT2D eigenvalue weighted by atomic mass is 16.5. The quantitative estimate of drug-likeness (QED) is 0.685. The van der Waals surface area contributed by atoms with E-state index in [0.717, 1.165) is 31.5 Å². The Balaban J connectivity index is 1.96. The second-order valence-corrected chi connectivity index (χ2v) is 5.00. The summed E-state index contributed by atoms with van der Waals surface area (Å²) in [4.78, 5) is 0. The SMILES string of the molecule is CCC(C)OCCNC1CCC(C)CC1. The van der Waals surface area contributed by atoms with Crippen LogP contribution in [0.2, 0.25) is 0 Å². The third-order valence-electron chi connectivity index (χ3n) is 3.53. The largest absolute Gasteiger partial charge is 0.377 e. The smallest absolute Gasteiger partial charge is 0.0594 e. The van der Waals surface area contributed by atoms with Crippen molar-refractivity contribution >= 4 is 0 Å². The summed E-state index contributed by atoms with van der Waals surface area (Å²) in [5.74, 6) is 0.944. The van der Waals surface area contributed by atoms with Crippen LogP contribution in [0.5, 0.6) is 0 Å². The molecule has 2 heteroatoms. The zero-order valence-electron chi connectivity index (χ0n) is 10.6. The topological polar surface area (TPSA) is 21.3 Å². The summed E-state index contributed by atoms with van der Waals surface area (Å²) >= 11 is 0. The van der Waals surface area contributed by atoms with E-state index in [0.29, 0.717) is 6.10 Å². The number of hydrogen-bond donors (Lipinski definition) is 1. The van der Waals surface area contributed by atoms with E-state index in [1.54, 1.807) is 0 Å². The summed E-state index contributed by atoms with van der Waals surface area (Å²) < 4.78 is 5.64. The van der Waals surface area contributed by atoms with Crippen molar-refractivity contribution in [1.29, 1.82) is 0 Å². The molecule has 0 aromatic rings. The molecule has 0 heterocycles. The fraction of sp³-hybridized carbons (Fsp3) is 1.00. The molecule has 0 amide bonds. The molecule has 0 spiro atoms. The van der Waals surface area contributed by atoms with Crippen LogP contribution in [0.3, 0.4) is 0 Å². The molecule has 1 atom stereocenters. The third kappa shape index (κ3) is 5.53. The Hall–Kier alpha value is -0.0800. The highest BCUT2D eigenvalue weighted by Crippen LogP contribution is 2.23. The molecule has 1 aliphatic rings. The van der Waals surface area contributed by atoms with E-state index >= 15 is 0 Å². The van der Waals surface area contributed by atoms with Crippen molar-refractivity contribution in [2.45, 2.75) is 65.0 Å². The molecule has 1 fully saturated rings. The van der Waals surface area contributed by atoms with Crippen molar-refractivity contribution in [3.63, 3.8) is 0 Å². The zero-order valence-corrected chi connectivity index (χ0v) is 10.6. The van der Waals surface area contributed by atoms with Gasteiger partial charge in [0.05, 0.1) is 12.7 Å². The van der Waals surface area contributed by atoms with E-state index in [4.69, 9.17) is 4.74 Å². The van der Waals surface area contributed by atoms with Gasteiger partial charge in [0, 0.05) is 12.6 Å². The molecule has 0 aromatic carbocycles. The lowest BCUT2D eigenvalue weighted by atomic mass is 9.87. The second kappa shape index (κ2) is 7.24. The lowest BCUT2D eigenvalue weighted by Gasteiger charge is -2.27. The Morgan fingerprint density at radius 2 is 1.93 bits per heavy atom. The van der Waals surface area contributed by atoms with Gasteiger partial charge in [0.1, 0.15) is 0 Å². The Morgan fingerprint density at radius 3 is 2.53 bits per heavy atom. The van der Waals surface area contributed by atoms with Crippen molar-refractivity contribution in [3.05, 3.63) is 0 Å². The van der Waals surface area contributed by atoms with Crippen molar-refractivity contribution in [2.75, 3.05) is 13.2 Å². The molecule has 1 N–H and O–H groups in total. The van der Waals surface area contributed by atoms with Gasteiger partial charge in [0.2, 0.25) is 0 Å². The molecule has 0 aliphatic heterocycles. The molecule has 0 bridgehead atoms. The molecule has 1 unspecified atom stereocenters. The molecule has 0 aromatic heterocycles. The molecule has 1 aliphatic carbocycles. The Morgan fingerprint density at radius 1 is 1.27 bits per heavy atom. The monoisotopic (exact) mass is 213 g/mol. The number of ether oxygens (including phenoxy) is 1. The summed E-state index contributed by atoms with van der Waals surface area (Å²) in [6, 6.07) is 0.752. The zero-order chi connectivity index (χ0) is 11.1. The maximum atomic E-state index is 5.64. The van der Waals surface area contributed by atoms with Gasteiger partial charge >= 0.3 is 0 Å². The van der Waals surface area contributed by atoms with Gasteiger partial charge in [0.15, 0.2) is 0 Å². The van der Waals surface area contributed by atoms with Crippen LogP contribution in [0.1, 0.15) is 52.9 Å². The highest BCUT2D eigenvalue weighted by molar-refractivity contribution is 4.74. The van der Waals surface area contributed by atoms with Crippen LogP contribution in [0.4, 0.5) is 0 Å². The van der Waals surface area contributed by atoms with Gasteiger partial charge < -0.3 is 10.1 Å². The van der Waals surface area contributed by atoms with Crippen molar-refractivity contribution in [2.24, 2.45) is 5.92 Å². The van der Waals surface area contributed by atoms with Crippen LogP contribution in [0.15, 0.2) is 0 Å². The molecule has 1 rings (SSSR count). The molecule has 0 radical (unpaired) electrons. The minimum Gasteiger partial charge on any atom is -0.377 e. The Kier molecular flexibility index (Phi) is 6.26. The second-order valence-electron chi connectivity index (χ2n) is 5.00. The van der Waals surface area contributed by atoms with E-state index in [1.165, 1.54) is 25.7 Å². The number of nitrogens with one attached hydrogen (secondary N) is 1. The van der Waals surface area contributed by atoms with Crippen molar-refractivity contribution in [3.8, 4) is 0 Å². The van der Waals surface area contributed by atoms with Crippen LogP contribution in [0, 0.1) is 5.92 Å². The van der Waals surface area contributed by atoms with Crippen LogP contribution >= 0.6 is 0 Å². The van der Waals surface area contributed by atoms with Gasteiger partial charge in [-0.2, -0.15) is 0 Å². The fourth-order valence-corrected chi connectivity index (χ4v) is 2.11. The van der Waals surface area contributed by atoms with Gasteiger partial charge in [-0.3, -0.25) is 0 Å². The Labute approximate surface area is 94.8 Å². The summed E-state index contributed by atoms with van der Waals surface area (Å²) in [5.41, 5.74) is 0. The predicted octanol–water partition coefficient (Wildman–Crippen LogP) is 2.97. The Bertz CT molecular complexity index is 153. The van der Waals surface area contributed by atoms with Crippen LogP contribution in [-0.2, 0) is 4.74 Å². The van der Waals surface area contributed by atoms with Crippen LogP contribution in [0.25, 0.3) is 0 Å². The molecular formula is C13H27NO. The van der Waals surface area contributed by atoms with Crippen molar-refractivity contribution < 1.29 is 4.74 Å². The van der Waals surface area contributed by atoms with Gasteiger partial charge in [0.25, 0.3) is 0 Å².